The van der Waals surface area contributed by atoms with Crippen LogP contribution in [-0.4, -0.2) is 17.3 Å². The van der Waals surface area contributed by atoms with E-state index in [0.29, 0.717) is 5.56 Å². The van der Waals surface area contributed by atoms with Crippen LogP contribution < -0.4 is 4.74 Å². The van der Waals surface area contributed by atoms with Gasteiger partial charge in [-0.1, -0.05) is 24.3 Å². The number of carbonyl (C=O) groups excluding carboxylic acids is 1. The van der Waals surface area contributed by atoms with Gasteiger partial charge in [0.05, 0.1) is 11.0 Å². The zero-order valence-electron chi connectivity index (χ0n) is 11.2. The summed E-state index contributed by atoms with van der Waals surface area (Å²) in [5.74, 6) is -1.35. The summed E-state index contributed by atoms with van der Waals surface area (Å²) in [6.45, 7) is 1.46. The molecule has 0 atom stereocenters. The molecule has 0 unspecified atom stereocenters. The Balaban J connectivity index is 2.08. The number of halogens is 1. The average molecular weight is 289 g/mol. The second kappa shape index (κ2) is 6.13. The van der Waals surface area contributed by atoms with Crippen LogP contribution in [0.5, 0.6) is 5.75 Å². The maximum atomic E-state index is 13.6. The maximum absolute atomic E-state index is 13.6. The predicted molar refractivity (Wildman–Crippen MR) is 74.1 cm³/mol. The van der Waals surface area contributed by atoms with Gasteiger partial charge in [-0.25, -0.2) is 4.39 Å². The van der Waals surface area contributed by atoms with Crippen molar-refractivity contribution in [1.29, 1.82) is 0 Å². The number of rotatable bonds is 5. The third-order valence-electron chi connectivity index (χ3n) is 2.93. The SMILES string of the molecule is Cc1ccccc1C(=O)COc1ccc([N+](=O)[O-])cc1F. The van der Waals surface area contributed by atoms with Gasteiger partial charge in [-0.05, 0) is 18.6 Å². The van der Waals surface area contributed by atoms with Crippen LogP contribution >= 0.6 is 0 Å². The van der Waals surface area contributed by atoms with E-state index in [9.17, 15) is 19.3 Å². The summed E-state index contributed by atoms with van der Waals surface area (Å²) in [6, 6.07) is 10.0. The van der Waals surface area contributed by atoms with Crippen molar-refractivity contribution in [2.75, 3.05) is 6.61 Å². The van der Waals surface area contributed by atoms with E-state index in [2.05, 4.69) is 0 Å². The number of benzene rings is 2. The first kappa shape index (κ1) is 14.6. The smallest absolute Gasteiger partial charge is 0.272 e. The van der Waals surface area contributed by atoms with Crippen molar-refractivity contribution in [3.05, 3.63) is 69.5 Å². The first-order valence-electron chi connectivity index (χ1n) is 6.14. The van der Waals surface area contributed by atoms with Crippen molar-refractivity contribution in [1.82, 2.24) is 0 Å². The molecule has 0 bridgehead atoms. The Morgan fingerprint density at radius 3 is 2.62 bits per heavy atom. The van der Waals surface area contributed by atoms with Gasteiger partial charge in [-0.3, -0.25) is 14.9 Å². The molecule has 0 aliphatic carbocycles. The number of Topliss-reactive ketones (excluding diaryl/α,β-unsaturated/α-hetero) is 1. The minimum absolute atomic E-state index is 0.192. The molecule has 0 fully saturated rings. The number of ether oxygens (including phenoxy) is 1. The quantitative estimate of drug-likeness (QED) is 0.481. The van der Waals surface area contributed by atoms with Gasteiger partial charge in [0.1, 0.15) is 0 Å². The van der Waals surface area contributed by atoms with E-state index in [-0.39, 0.29) is 23.8 Å². The Bertz CT molecular complexity index is 700. The van der Waals surface area contributed by atoms with E-state index in [1.807, 2.05) is 6.07 Å². The molecule has 2 rings (SSSR count). The summed E-state index contributed by atoms with van der Waals surface area (Å²) in [5.41, 5.74) is 0.931. The molecule has 0 amide bonds. The summed E-state index contributed by atoms with van der Waals surface area (Å²) in [6.07, 6.45) is 0. The van der Waals surface area contributed by atoms with Crippen LogP contribution in [0.15, 0.2) is 42.5 Å². The molecule has 0 aliphatic heterocycles. The van der Waals surface area contributed by atoms with Crippen LogP contribution in [0.3, 0.4) is 0 Å². The van der Waals surface area contributed by atoms with Crippen molar-refractivity contribution in [3.63, 3.8) is 0 Å². The van der Waals surface area contributed by atoms with Crippen LogP contribution in [-0.2, 0) is 0 Å². The fourth-order valence-electron chi connectivity index (χ4n) is 1.83. The minimum Gasteiger partial charge on any atom is -0.482 e. The summed E-state index contributed by atoms with van der Waals surface area (Å²) in [4.78, 5) is 21.8. The lowest BCUT2D eigenvalue weighted by atomic mass is 10.1. The maximum Gasteiger partial charge on any atom is 0.272 e. The molecule has 0 spiro atoms. The fourth-order valence-corrected chi connectivity index (χ4v) is 1.83. The van der Waals surface area contributed by atoms with E-state index in [1.165, 1.54) is 0 Å². The second-order valence-corrected chi connectivity index (χ2v) is 4.40. The number of non-ortho nitro benzene ring substituents is 1. The lowest BCUT2D eigenvalue weighted by Gasteiger charge is -2.08. The van der Waals surface area contributed by atoms with Crippen LogP contribution in [0.1, 0.15) is 15.9 Å². The third-order valence-corrected chi connectivity index (χ3v) is 2.93. The predicted octanol–water partition coefficient (Wildman–Crippen LogP) is 3.30. The molecule has 0 saturated heterocycles. The number of carbonyl (C=O) groups is 1. The Kier molecular flexibility index (Phi) is 4.27. The molecule has 5 nitrogen and oxygen atoms in total. The van der Waals surface area contributed by atoms with Crippen molar-refractivity contribution in [2.45, 2.75) is 6.92 Å². The van der Waals surface area contributed by atoms with Gasteiger partial charge >= 0.3 is 0 Å². The standard InChI is InChI=1S/C15H12FNO4/c1-10-4-2-3-5-12(10)14(18)9-21-15-7-6-11(17(19)20)8-13(15)16/h2-8H,9H2,1H3. The number of ketones is 1. The van der Waals surface area contributed by atoms with Crippen molar-refractivity contribution in [2.24, 2.45) is 0 Å². The second-order valence-electron chi connectivity index (χ2n) is 4.40. The Hall–Kier alpha value is -2.76. The molecule has 0 radical (unpaired) electrons. The number of aryl methyl sites for hydroxylation is 1. The van der Waals surface area contributed by atoms with Gasteiger partial charge < -0.3 is 4.74 Å². The normalized spacial score (nSPS) is 10.2. The van der Waals surface area contributed by atoms with Crippen LogP contribution in [0, 0.1) is 22.9 Å². The van der Waals surface area contributed by atoms with E-state index < -0.39 is 10.7 Å². The first-order chi connectivity index (χ1) is 9.99. The first-order valence-corrected chi connectivity index (χ1v) is 6.14. The molecule has 0 aliphatic rings. The van der Waals surface area contributed by atoms with Crippen molar-refractivity contribution in [3.8, 4) is 5.75 Å². The Morgan fingerprint density at radius 1 is 1.29 bits per heavy atom. The number of nitro benzene ring substituents is 1. The summed E-state index contributed by atoms with van der Waals surface area (Å²) >= 11 is 0. The van der Waals surface area contributed by atoms with E-state index in [4.69, 9.17) is 4.74 Å². The van der Waals surface area contributed by atoms with E-state index in [0.717, 1.165) is 23.8 Å². The third kappa shape index (κ3) is 3.42. The largest absolute Gasteiger partial charge is 0.482 e. The Morgan fingerprint density at radius 2 is 2.00 bits per heavy atom. The molecule has 0 heterocycles. The molecular formula is C15H12FNO4. The minimum atomic E-state index is -0.873. The molecule has 0 aromatic heterocycles. The number of nitro groups is 1. The molecule has 0 N–H and O–H groups in total. The zero-order valence-corrected chi connectivity index (χ0v) is 11.2. The number of nitrogens with zero attached hydrogens (tertiary/aromatic N) is 1. The lowest BCUT2D eigenvalue weighted by molar-refractivity contribution is -0.385. The highest BCUT2D eigenvalue weighted by atomic mass is 19.1. The molecular weight excluding hydrogens is 277 g/mol. The van der Waals surface area contributed by atoms with Crippen LogP contribution in [0.2, 0.25) is 0 Å². The highest BCUT2D eigenvalue weighted by Crippen LogP contribution is 2.22. The van der Waals surface area contributed by atoms with Crippen molar-refractivity contribution < 1.29 is 18.8 Å². The molecule has 6 heteroatoms. The van der Waals surface area contributed by atoms with Gasteiger partial charge in [-0.2, -0.15) is 0 Å². The van der Waals surface area contributed by atoms with Crippen LogP contribution in [0.25, 0.3) is 0 Å². The summed E-state index contributed by atoms with van der Waals surface area (Å²) in [7, 11) is 0. The van der Waals surface area contributed by atoms with Gasteiger partial charge in [-0.15, -0.1) is 0 Å². The number of hydrogen-bond donors (Lipinski definition) is 0. The highest BCUT2D eigenvalue weighted by Gasteiger charge is 2.14. The molecule has 2 aromatic carbocycles. The topological polar surface area (TPSA) is 69.4 Å². The van der Waals surface area contributed by atoms with E-state index in [1.54, 1.807) is 25.1 Å². The Labute approximate surface area is 120 Å². The average Bonchev–Trinajstić information content (AvgIpc) is 2.46. The lowest BCUT2D eigenvalue weighted by Crippen LogP contribution is -2.13. The van der Waals surface area contributed by atoms with Gasteiger partial charge in [0, 0.05) is 11.6 Å². The zero-order chi connectivity index (χ0) is 15.4. The fraction of sp³-hybridized carbons (Fsp3) is 0.133. The summed E-state index contributed by atoms with van der Waals surface area (Å²) < 4.78 is 18.7. The van der Waals surface area contributed by atoms with Crippen molar-refractivity contribution >= 4 is 11.5 Å². The van der Waals surface area contributed by atoms with Crippen LogP contribution in [0.4, 0.5) is 10.1 Å². The highest BCUT2D eigenvalue weighted by molar-refractivity contribution is 5.98. The summed E-state index contributed by atoms with van der Waals surface area (Å²) in [5, 5.41) is 10.5. The van der Waals surface area contributed by atoms with Gasteiger partial charge in [0.2, 0.25) is 0 Å². The van der Waals surface area contributed by atoms with Gasteiger partial charge in [0.15, 0.2) is 24.0 Å². The monoisotopic (exact) mass is 289 g/mol. The van der Waals surface area contributed by atoms with E-state index >= 15 is 0 Å². The molecule has 108 valence electrons. The molecule has 0 saturated carbocycles. The molecule has 21 heavy (non-hydrogen) atoms. The van der Waals surface area contributed by atoms with Gasteiger partial charge in [0.25, 0.3) is 5.69 Å². The molecule has 2 aromatic rings. The number of hydrogen-bond acceptors (Lipinski definition) is 4.